The molecule has 0 bridgehead atoms. The summed E-state index contributed by atoms with van der Waals surface area (Å²) in [4.78, 5) is 18.2. The summed E-state index contributed by atoms with van der Waals surface area (Å²) in [5, 5.41) is 3.13. The number of ether oxygens (including phenoxy) is 1. The summed E-state index contributed by atoms with van der Waals surface area (Å²) >= 11 is 0. The third-order valence-electron chi connectivity index (χ3n) is 2.21. The number of H-pyrrole nitrogens is 1. The van der Waals surface area contributed by atoms with Crippen LogP contribution in [0.15, 0.2) is 10.9 Å². The molecule has 0 aliphatic heterocycles. The number of anilines is 1. The number of nitrogens with one attached hydrogen (secondary N) is 2. The van der Waals surface area contributed by atoms with E-state index in [1.807, 2.05) is 6.92 Å². The molecule has 5 nitrogen and oxygen atoms in total. The van der Waals surface area contributed by atoms with Gasteiger partial charge >= 0.3 is 0 Å². The molecule has 1 aromatic rings. The van der Waals surface area contributed by atoms with E-state index >= 15 is 0 Å². The number of unbranched alkanes of at least 4 members (excludes halogenated alkanes) is 1. The molecule has 2 N–H and O–H groups in total. The van der Waals surface area contributed by atoms with Crippen LogP contribution in [-0.2, 0) is 11.2 Å². The van der Waals surface area contributed by atoms with Crippen molar-refractivity contribution in [1.82, 2.24) is 9.97 Å². The second-order valence-corrected chi connectivity index (χ2v) is 3.56. The average molecular weight is 225 g/mol. The predicted octanol–water partition coefficient (Wildman–Crippen LogP) is 1.17. The van der Waals surface area contributed by atoms with Crippen LogP contribution in [0.3, 0.4) is 0 Å². The number of rotatable bonds is 7. The second-order valence-electron chi connectivity index (χ2n) is 3.56. The van der Waals surface area contributed by atoms with Crippen LogP contribution in [0.1, 0.15) is 25.6 Å². The Kier molecular flexibility index (Phi) is 5.56. The molecule has 0 saturated heterocycles. The minimum absolute atomic E-state index is 0.105. The summed E-state index contributed by atoms with van der Waals surface area (Å²) in [7, 11) is 1.69. The van der Waals surface area contributed by atoms with Gasteiger partial charge in [-0.3, -0.25) is 4.79 Å². The van der Waals surface area contributed by atoms with Gasteiger partial charge in [0.05, 0.1) is 0 Å². The van der Waals surface area contributed by atoms with E-state index in [2.05, 4.69) is 15.3 Å². The lowest BCUT2D eigenvalue weighted by Gasteiger charge is -2.06. The lowest BCUT2D eigenvalue weighted by molar-refractivity contribution is 0.194. The Bertz CT molecular complexity index is 362. The summed E-state index contributed by atoms with van der Waals surface area (Å²) in [6.45, 7) is 3.54. The van der Waals surface area contributed by atoms with Crippen molar-refractivity contribution in [3.05, 3.63) is 22.2 Å². The van der Waals surface area contributed by atoms with Crippen LogP contribution < -0.4 is 10.9 Å². The third-order valence-corrected chi connectivity index (χ3v) is 2.21. The lowest BCUT2D eigenvalue weighted by atomic mass is 10.3. The summed E-state index contributed by atoms with van der Waals surface area (Å²) in [5.41, 5.74) is -0.105. The van der Waals surface area contributed by atoms with Crippen molar-refractivity contribution in [3.8, 4) is 0 Å². The molecule has 16 heavy (non-hydrogen) atoms. The Hall–Kier alpha value is -1.36. The van der Waals surface area contributed by atoms with Gasteiger partial charge in [-0.25, -0.2) is 4.98 Å². The minimum Gasteiger partial charge on any atom is -0.385 e. The Labute approximate surface area is 95.3 Å². The standard InChI is InChI=1S/C11H19N3O2/c1-3-9-13-10(8-11(15)14-9)12-6-4-5-7-16-2/h8H,3-7H2,1-2H3,(H2,12,13,14,15). The fraction of sp³-hybridized carbons (Fsp3) is 0.636. The highest BCUT2D eigenvalue weighted by Gasteiger charge is 1.98. The van der Waals surface area contributed by atoms with Gasteiger partial charge in [0.15, 0.2) is 0 Å². The quantitative estimate of drug-likeness (QED) is 0.684. The van der Waals surface area contributed by atoms with Crippen molar-refractivity contribution in [2.24, 2.45) is 0 Å². The van der Waals surface area contributed by atoms with E-state index in [1.54, 1.807) is 7.11 Å². The Balaban J connectivity index is 2.41. The molecule has 0 radical (unpaired) electrons. The largest absolute Gasteiger partial charge is 0.385 e. The molecule has 0 aliphatic carbocycles. The maximum absolute atomic E-state index is 11.2. The Morgan fingerprint density at radius 1 is 1.50 bits per heavy atom. The molecule has 0 fully saturated rings. The molecular formula is C11H19N3O2. The first-order chi connectivity index (χ1) is 7.76. The number of aromatic nitrogens is 2. The van der Waals surface area contributed by atoms with E-state index < -0.39 is 0 Å². The Morgan fingerprint density at radius 3 is 3.00 bits per heavy atom. The van der Waals surface area contributed by atoms with Crippen LogP contribution in [0.2, 0.25) is 0 Å². The third kappa shape index (κ3) is 4.44. The van der Waals surface area contributed by atoms with E-state index in [0.717, 1.165) is 32.4 Å². The summed E-state index contributed by atoms with van der Waals surface area (Å²) in [6, 6.07) is 1.48. The van der Waals surface area contributed by atoms with Crippen LogP contribution in [0.4, 0.5) is 5.82 Å². The summed E-state index contributed by atoms with van der Waals surface area (Å²) < 4.78 is 4.95. The molecule has 0 spiro atoms. The van der Waals surface area contributed by atoms with Gasteiger partial charge in [-0.1, -0.05) is 6.92 Å². The number of aryl methyl sites for hydroxylation is 1. The van der Waals surface area contributed by atoms with E-state index in [9.17, 15) is 4.79 Å². The van der Waals surface area contributed by atoms with Crippen molar-refractivity contribution in [2.45, 2.75) is 26.2 Å². The topological polar surface area (TPSA) is 67.0 Å². The van der Waals surface area contributed by atoms with Crippen molar-refractivity contribution < 1.29 is 4.74 Å². The second kappa shape index (κ2) is 7.00. The zero-order valence-corrected chi connectivity index (χ0v) is 9.88. The highest BCUT2D eigenvalue weighted by atomic mass is 16.5. The molecule has 0 unspecified atom stereocenters. The van der Waals surface area contributed by atoms with E-state index in [-0.39, 0.29) is 5.56 Å². The molecule has 0 aliphatic rings. The van der Waals surface area contributed by atoms with Crippen molar-refractivity contribution in [1.29, 1.82) is 0 Å². The van der Waals surface area contributed by atoms with Gasteiger partial charge in [-0.05, 0) is 12.8 Å². The first-order valence-electron chi connectivity index (χ1n) is 5.59. The van der Waals surface area contributed by atoms with Gasteiger partial charge in [0, 0.05) is 32.7 Å². The van der Waals surface area contributed by atoms with Gasteiger partial charge in [-0.15, -0.1) is 0 Å². The van der Waals surface area contributed by atoms with E-state index in [0.29, 0.717) is 11.6 Å². The zero-order valence-electron chi connectivity index (χ0n) is 9.88. The van der Waals surface area contributed by atoms with E-state index in [1.165, 1.54) is 6.07 Å². The van der Waals surface area contributed by atoms with Gasteiger partial charge in [0.25, 0.3) is 5.56 Å². The highest BCUT2D eigenvalue weighted by molar-refractivity contribution is 5.32. The van der Waals surface area contributed by atoms with Crippen LogP contribution in [0.5, 0.6) is 0 Å². The number of methoxy groups -OCH3 is 1. The molecule has 5 heteroatoms. The molecule has 0 aromatic carbocycles. The number of hydrogen-bond acceptors (Lipinski definition) is 4. The Morgan fingerprint density at radius 2 is 2.31 bits per heavy atom. The molecule has 0 saturated carbocycles. The molecule has 0 amide bonds. The summed E-state index contributed by atoms with van der Waals surface area (Å²) in [5.74, 6) is 1.37. The highest BCUT2D eigenvalue weighted by Crippen LogP contribution is 2.00. The van der Waals surface area contributed by atoms with Gasteiger partial charge in [-0.2, -0.15) is 0 Å². The molecular weight excluding hydrogens is 206 g/mol. The van der Waals surface area contributed by atoms with E-state index in [4.69, 9.17) is 4.74 Å². The molecule has 0 atom stereocenters. The van der Waals surface area contributed by atoms with Gasteiger partial charge < -0.3 is 15.0 Å². The fourth-order valence-corrected chi connectivity index (χ4v) is 1.35. The maximum atomic E-state index is 11.2. The van der Waals surface area contributed by atoms with Gasteiger partial charge in [0.2, 0.25) is 0 Å². The number of hydrogen-bond donors (Lipinski definition) is 2. The molecule has 90 valence electrons. The first-order valence-corrected chi connectivity index (χ1v) is 5.59. The van der Waals surface area contributed by atoms with Gasteiger partial charge in [0.1, 0.15) is 11.6 Å². The zero-order chi connectivity index (χ0) is 11.8. The monoisotopic (exact) mass is 225 g/mol. The average Bonchev–Trinajstić information content (AvgIpc) is 2.28. The van der Waals surface area contributed by atoms with Crippen molar-refractivity contribution >= 4 is 5.82 Å². The van der Waals surface area contributed by atoms with Crippen LogP contribution in [-0.4, -0.2) is 30.2 Å². The van der Waals surface area contributed by atoms with Crippen molar-refractivity contribution in [2.75, 3.05) is 25.6 Å². The van der Waals surface area contributed by atoms with Crippen molar-refractivity contribution in [3.63, 3.8) is 0 Å². The minimum atomic E-state index is -0.105. The van der Waals surface area contributed by atoms with Crippen LogP contribution in [0.25, 0.3) is 0 Å². The maximum Gasteiger partial charge on any atom is 0.252 e. The number of aromatic amines is 1. The smallest absolute Gasteiger partial charge is 0.252 e. The number of nitrogens with zero attached hydrogens (tertiary/aromatic N) is 1. The summed E-state index contributed by atoms with van der Waals surface area (Å²) in [6.07, 6.45) is 2.74. The molecule has 1 heterocycles. The predicted molar refractivity (Wildman–Crippen MR) is 63.8 cm³/mol. The fourth-order valence-electron chi connectivity index (χ4n) is 1.35. The van der Waals surface area contributed by atoms with Crippen LogP contribution in [0, 0.1) is 0 Å². The molecule has 1 aromatic heterocycles. The first kappa shape index (κ1) is 12.7. The normalized spacial score (nSPS) is 10.4. The SMILES string of the molecule is CCc1nc(NCCCCOC)cc(=O)[nH]1. The lowest BCUT2D eigenvalue weighted by Crippen LogP contribution is -2.14. The van der Waals surface area contributed by atoms with Crippen LogP contribution >= 0.6 is 0 Å². The molecule has 1 rings (SSSR count).